The highest BCUT2D eigenvalue weighted by atomic mass is 16.5. The van der Waals surface area contributed by atoms with Crippen molar-refractivity contribution in [3.63, 3.8) is 0 Å². The van der Waals surface area contributed by atoms with Crippen molar-refractivity contribution in [3.05, 3.63) is 0 Å². The molecule has 2 aliphatic carbocycles. The van der Waals surface area contributed by atoms with Gasteiger partial charge in [0, 0.05) is 36.7 Å². The number of hydrogen-bond acceptors (Lipinski definition) is 3. The summed E-state index contributed by atoms with van der Waals surface area (Å²) in [6.07, 6.45) is 11.2. The molecule has 0 aromatic rings. The summed E-state index contributed by atoms with van der Waals surface area (Å²) in [5, 5.41) is 6.57. The molecule has 0 radical (unpaired) electrons. The number of nitrogens with zero attached hydrogens (tertiary/aromatic N) is 1. The molecule has 136 valence electrons. The van der Waals surface area contributed by atoms with Gasteiger partial charge in [0.2, 0.25) is 0 Å². The fourth-order valence-corrected chi connectivity index (χ4v) is 5.83. The van der Waals surface area contributed by atoms with E-state index in [2.05, 4.69) is 22.5 Å². The molecule has 2 amide bonds. The highest BCUT2D eigenvalue weighted by Gasteiger charge is 2.57. The molecule has 4 aliphatic rings. The van der Waals surface area contributed by atoms with E-state index in [0.717, 1.165) is 32.4 Å². The number of ether oxygens (including phenoxy) is 1. The fourth-order valence-electron chi connectivity index (χ4n) is 5.83. The Kier molecular flexibility index (Phi) is 4.74. The molecule has 2 saturated heterocycles. The van der Waals surface area contributed by atoms with Crippen molar-refractivity contribution in [1.29, 1.82) is 0 Å². The largest absolute Gasteiger partial charge is 0.378 e. The number of fused-ring (bicyclic) bond motifs is 1. The van der Waals surface area contributed by atoms with E-state index in [1.807, 2.05) is 0 Å². The van der Waals surface area contributed by atoms with E-state index >= 15 is 0 Å². The van der Waals surface area contributed by atoms with Gasteiger partial charge in [-0.1, -0.05) is 12.8 Å². The quantitative estimate of drug-likeness (QED) is 0.830. The Bertz CT molecular complexity index is 464. The van der Waals surface area contributed by atoms with E-state index < -0.39 is 0 Å². The maximum absolute atomic E-state index is 12.5. The Morgan fingerprint density at radius 3 is 2.75 bits per heavy atom. The van der Waals surface area contributed by atoms with Gasteiger partial charge in [0.25, 0.3) is 0 Å². The van der Waals surface area contributed by atoms with Gasteiger partial charge in [0.05, 0.1) is 6.10 Å². The van der Waals surface area contributed by atoms with E-state index in [9.17, 15) is 4.79 Å². The van der Waals surface area contributed by atoms with Gasteiger partial charge in [0.1, 0.15) is 0 Å². The van der Waals surface area contributed by atoms with E-state index in [-0.39, 0.29) is 11.4 Å². The Balaban J connectivity index is 1.28. The van der Waals surface area contributed by atoms with E-state index in [0.29, 0.717) is 24.2 Å². The van der Waals surface area contributed by atoms with Crippen molar-refractivity contribution in [2.75, 3.05) is 19.7 Å². The van der Waals surface area contributed by atoms with E-state index in [1.54, 1.807) is 0 Å². The number of piperidine rings is 1. The number of hydrogen-bond donors (Lipinski definition) is 2. The molecule has 0 aromatic carbocycles. The molecule has 2 aliphatic heterocycles. The van der Waals surface area contributed by atoms with Crippen LogP contribution in [0.15, 0.2) is 0 Å². The average Bonchev–Trinajstić information content (AvgIpc) is 3.24. The minimum absolute atomic E-state index is 0.0534. The Labute approximate surface area is 145 Å². The SMILES string of the molecule is CCOC1CC(NC(=O)NC2CCN3CCCC3C2)C12CCCC2. The molecule has 5 nitrogen and oxygen atoms in total. The van der Waals surface area contributed by atoms with Gasteiger partial charge in [-0.15, -0.1) is 0 Å². The zero-order valence-corrected chi connectivity index (χ0v) is 15.1. The summed E-state index contributed by atoms with van der Waals surface area (Å²) in [4.78, 5) is 15.1. The first-order valence-electron chi connectivity index (χ1n) is 10.1. The topological polar surface area (TPSA) is 53.6 Å². The third-order valence-corrected chi connectivity index (χ3v) is 7.15. The van der Waals surface area contributed by atoms with Gasteiger partial charge in [-0.25, -0.2) is 4.79 Å². The number of nitrogens with one attached hydrogen (secondary N) is 2. The van der Waals surface area contributed by atoms with Crippen LogP contribution in [0.3, 0.4) is 0 Å². The number of urea groups is 1. The first-order valence-corrected chi connectivity index (χ1v) is 10.1. The van der Waals surface area contributed by atoms with Crippen LogP contribution in [-0.2, 0) is 4.74 Å². The van der Waals surface area contributed by atoms with Gasteiger partial charge in [-0.05, 0) is 58.4 Å². The fraction of sp³-hybridized carbons (Fsp3) is 0.947. The first-order chi connectivity index (χ1) is 11.7. The summed E-state index contributed by atoms with van der Waals surface area (Å²) in [5.74, 6) is 0. The van der Waals surface area contributed by atoms with E-state index in [4.69, 9.17) is 4.74 Å². The second-order valence-electron chi connectivity index (χ2n) is 8.34. The van der Waals surface area contributed by atoms with Crippen molar-refractivity contribution in [2.45, 2.75) is 88.9 Å². The van der Waals surface area contributed by atoms with Crippen LogP contribution < -0.4 is 10.6 Å². The molecular weight excluding hydrogens is 302 g/mol. The second-order valence-corrected chi connectivity index (χ2v) is 8.34. The molecule has 0 aromatic heterocycles. The van der Waals surface area contributed by atoms with Crippen LogP contribution >= 0.6 is 0 Å². The second kappa shape index (κ2) is 6.83. The molecule has 4 atom stereocenters. The third kappa shape index (κ3) is 2.94. The van der Waals surface area contributed by atoms with Crippen LogP contribution in [0.5, 0.6) is 0 Å². The van der Waals surface area contributed by atoms with Crippen LogP contribution in [0.2, 0.25) is 0 Å². The van der Waals surface area contributed by atoms with Gasteiger partial charge in [-0.3, -0.25) is 0 Å². The predicted octanol–water partition coefficient (Wildman–Crippen LogP) is 2.65. The van der Waals surface area contributed by atoms with Crippen LogP contribution in [0.4, 0.5) is 4.79 Å². The molecule has 4 fully saturated rings. The number of amides is 2. The van der Waals surface area contributed by atoms with Crippen LogP contribution in [-0.4, -0.2) is 54.9 Å². The third-order valence-electron chi connectivity index (χ3n) is 7.15. The van der Waals surface area contributed by atoms with Gasteiger partial charge in [-0.2, -0.15) is 0 Å². The molecule has 4 unspecified atom stereocenters. The summed E-state index contributed by atoms with van der Waals surface area (Å²) in [6.45, 7) is 5.26. The number of rotatable bonds is 4. The van der Waals surface area contributed by atoms with Crippen molar-refractivity contribution in [3.8, 4) is 0 Å². The zero-order valence-electron chi connectivity index (χ0n) is 15.1. The Hall–Kier alpha value is -0.810. The molecule has 2 saturated carbocycles. The maximum Gasteiger partial charge on any atom is 0.315 e. The van der Waals surface area contributed by atoms with Crippen LogP contribution in [0, 0.1) is 5.41 Å². The summed E-state index contributed by atoms with van der Waals surface area (Å²) in [6, 6.07) is 1.42. The summed E-state index contributed by atoms with van der Waals surface area (Å²) in [5.41, 5.74) is 0.224. The molecule has 2 heterocycles. The predicted molar refractivity (Wildman–Crippen MR) is 94.0 cm³/mol. The number of carbonyl (C=O) groups excluding carboxylic acids is 1. The van der Waals surface area contributed by atoms with Crippen molar-refractivity contribution < 1.29 is 9.53 Å². The molecule has 5 heteroatoms. The van der Waals surface area contributed by atoms with Crippen LogP contribution in [0.1, 0.15) is 64.7 Å². The minimum Gasteiger partial charge on any atom is -0.378 e. The monoisotopic (exact) mass is 335 g/mol. The van der Waals surface area contributed by atoms with Crippen LogP contribution in [0.25, 0.3) is 0 Å². The van der Waals surface area contributed by atoms with Gasteiger partial charge < -0.3 is 20.3 Å². The molecule has 0 bridgehead atoms. The highest BCUT2D eigenvalue weighted by Crippen LogP contribution is 2.54. The maximum atomic E-state index is 12.5. The average molecular weight is 335 g/mol. The Morgan fingerprint density at radius 2 is 1.96 bits per heavy atom. The van der Waals surface area contributed by atoms with Crippen molar-refractivity contribution in [2.24, 2.45) is 5.41 Å². The minimum atomic E-state index is 0.0534. The summed E-state index contributed by atoms with van der Waals surface area (Å²) < 4.78 is 5.95. The lowest BCUT2D eigenvalue weighted by molar-refractivity contribution is -0.126. The van der Waals surface area contributed by atoms with E-state index in [1.165, 1.54) is 45.1 Å². The molecular formula is C19H33N3O2. The first kappa shape index (κ1) is 16.6. The van der Waals surface area contributed by atoms with Crippen molar-refractivity contribution >= 4 is 6.03 Å². The standard InChI is InChI=1S/C19H33N3O2/c1-2-24-17-13-16(19(17)8-3-4-9-19)21-18(23)20-14-7-11-22-10-5-6-15(22)12-14/h14-17H,2-13H2,1H3,(H2,20,21,23). The highest BCUT2D eigenvalue weighted by molar-refractivity contribution is 5.75. The summed E-state index contributed by atoms with van der Waals surface area (Å²) in [7, 11) is 0. The summed E-state index contributed by atoms with van der Waals surface area (Å²) >= 11 is 0. The van der Waals surface area contributed by atoms with Gasteiger partial charge in [0.15, 0.2) is 0 Å². The molecule has 24 heavy (non-hydrogen) atoms. The lowest BCUT2D eigenvalue weighted by Gasteiger charge is -2.54. The number of carbonyl (C=O) groups is 1. The van der Waals surface area contributed by atoms with Gasteiger partial charge >= 0.3 is 6.03 Å². The lowest BCUT2D eigenvalue weighted by Crippen LogP contribution is -2.65. The molecule has 1 spiro atoms. The smallest absolute Gasteiger partial charge is 0.315 e. The van der Waals surface area contributed by atoms with Crippen molar-refractivity contribution in [1.82, 2.24) is 15.5 Å². The zero-order chi connectivity index (χ0) is 16.6. The molecule has 2 N–H and O–H groups in total. The molecule has 4 rings (SSSR count). The normalized spacial score (nSPS) is 37.9. The Morgan fingerprint density at radius 1 is 1.12 bits per heavy atom. The lowest BCUT2D eigenvalue weighted by atomic mass is 9.60.